The standard InChI is InChI=1S/C12H12ClF3O/c13-7-1-2-11(17)8-9-3-5-10(6-4-9)12(14,15)16/h3-6H,1-2,7-8H2. The Kier molecular flexibility index (Phi) is 5.00. The van der Waals surface area contributed by atoms with Crippen LogP contribution in [0.25, 0.3) is 0 Å². The highest BCUT2D eigenvalue weighted by molar-refractivity contribution is 6.17. The van der Waals surface area contributed by atoms with Gasteiger partial charge in [-0.3, -0.25) is 4.79 Å². The van der Waals surface area contributed by atoms with Crippen molar-refractivity contribution in [3.63, 3.8) is 0 Å². The zero-order chi connectivity index (χ0) is 12.9. The van der Waals surface area contributed by atoms with Gasteiger partial charge in [0.2, 0.25) is 0 Å². The molecule has 0 bridgehead atoms. The van der Waals surface area contributed by atoms with Crippen LogP contribution >= 0.6 is 11.6 Å². The summed E-state index contributed by atoms with van der Waals surface area (Å²) in [7, 11) is 0. The number of rotatable bonds is 5. The van der Waals surface area contributed by atoms with Crippen molar-refractivity contribution in [3.8, 4) is 0 Å². The maximum atomic E-state index is 12.3. The largest absolute Gasteiger partial charge is 0.416 e. The first-order valence-corrected chi connectivity index (χ1v) is 5.70. The molecular weight excluding hydrogens is 253 g/mol. The molecule has 5 heteroatoms. The molecule has 0 aliphatic rings. The number of hydrogen-bond donors (Lipinski definition) is 0. The van der Waals surface area contributed by atoms with Crippen molar-refractivity contribution in [1.82, 2.24) is 0 Å². The van der Waals surface area contributed by atoms with Gasteiger partial charge in [0.15, 0.2) is 0 Å². The Balaban J connectivity index is 2.60. The molecule has 0 aliphatic carbocycles. The van der Waals surface area contributed by atoms with Crippen LogP contribution in [0.3, 0.4) is 0 Å². The van der Waals surface area contributed by atoms with Gasteiger partial charge in [-0.05, 0) is 24.1 Å². The molecule has 0 aliphatic heterocycles. The first kappa shape index (κ1) is 14.0. The van der Waals surface area contributed by atoms with E-state index < -0.39 is 11.7 Å². The van der Waals surface area contributed by atoms with E-state index in [0.717, 1.165) is 12.1 Å². The van der Waals surface area contributed by atoms with Crippen LogP contribution < -0.4 is 0 Å². The van der Waals surface area contributed by atoms with Crippen molar-refractivity contribution in [2.75, 3.05) is 5.88 Å². The number of hydrogen-bond acceptors (Lipinski definition) is 1. The number of carbonyl (C=O) groups excluding carboxylic acids is 1. The topological polar surface area (TPSA) is 17.1 Å². The molecule has 0 saturated heterocycles. The molecule has 0 saturated carbocycles. The first-order valence-electron chi connectivity index (χ1n) is 5.17. The molecule has 0 unspecified atom stereocenters. The molecule has 1 aromatic rings. The summed E-state index contributed by atoms with van der Waals surface area (Å²) in [6.45, 7) is 0. The predicted molar refractivity (Wildman–Crippen MR) is 60.1 cm³/mol. The van der Waals surface area contributed by atoms with Crippen LogP contribution in [0.2, 0.25) is 0 Å². The lowest BCUT2D eigenvalue weighted by atomic mass is 10.0. The van der Waals surface area contributed by atoms with Crippen LogP contribution in [-0.2, 0) is 17.4 Å². The lowest BCUT2D eigenvalue weighted by Gasteiger charge is -2.07. The number of benzene rings is 1. The average Bonchev–Trinajstić information content (AvgIpc) is 2.26. The van der Waals surface area contributed by atoms with Crippen molar-refractivity contribution in [2.45, 2.75) is 25.4 Å². The number of ketones is 1. The summed E-state index contributed by atoms with van der Waals surface area (Å²) in [6.07, 6.45) is -3.21. The fraction of sp³-hybridized carbons (Fsp3) is 0.417. The van der Waals surface area contributed by atoms with Gasteiger partial charge < -0.3 is 0 Å². The summed E-state index contributed by atoms with van der Waals surface area (Å²) in [6, 6.07) is 4.65. The molecule has 0 spiro atoms. The lowest BCUT2D eigenvalue weighted by molar-refractivity contribution is -0.137. The van der Waals surface area contributed by atoms with Crippen molar-refractivity contribution in [3.05, 3.63) is 35.4 Å². The van der Waals surface area contributed by atoms with Gasteiger partial charge in [-0.2, -0.15) is 13.2 Å². The normalized spacial score (nSPS) is 11.5. The monoisotopic (exact) mass is 264 g/mol. The Morgan fingerprint density at radius 2 is 1.76 bits per heavy atom. The van der Waals surface area contributed by atoms with Crippen molar-refractivity contribution < 1.29 is 18.0 Å². The Hall–Kier alpha value is -1.03. The zero-order valence-electron chi connectivity index (χ0n) is 9.06. The van der Waals surface area contributed by atoms with Crippen LogP contribution in [0.4, 0.5) is 13.2 Å². The Bertz CT molecular complexity index is 370. The molecule has 1 rings (SSSR count). The highest BCUT2D eigenvalue weighted by Crippen LogP contribution is 2.29. The SMILES string of the molecule is O=C(CCCCl)Cc1ccc(C(F)(F)F)cc1. The molecule has 0 fully saturated rings. The van der Waals surface area contributed by atoms with Crippen LogP contribution in [0, 0.1) is 0 Å². The third-order valence-electron chi connectivity index (χ3n) is 2.27. The van der Waals surface area contributed by atoms with Gasteiger partial charge in [0, 0.05) is 18.7 Å². The summed E-state index contributed by atoms with van der Waals surface area (Å²) in [5.41, 5.74) is -0.105. The highest BCUT2D eigenvalue weighted by atomic mass is 35.5. The number of Topliss-reactive ketones (excluding diaryl/α,β-unsaturated/α-hetero) is 1. The van der Waals surface area contributed by atoms with Crippen LogP contribution in [0.5, 0.6) is 0 Å². The molecule has 0 heterocycles. The molecule has 0 N–H and O–H groups in total. The van der Waals surface area contributed by atoms with Gasteiger partial charge in [-0.25, -0.2) is 0 Å². The van der Waals surface area contributed by atoms with Crippen molar-refractivity contribution >= 4 is 17.4 Å². The van der Waals surface area contributed by atoms with E-state index in [1.165, 1.54) is 12.1 Å². The van der Waals surface area contributed by atoms with Gasteiger partial charge >= 0.3 is 6.18 Å². The maximum Gasteiger partial charge on any atom is 0.416 e. The van der Waals surface area contributed by atoms with Gasteiger partial charge in [0.1, 0.15) is 5.78 Å². The van der Waals surface area contributed by atoms with E-state index in [4.69, 9.17) is 11.6 Å². The van der Waals surface area contributed by atoms with Crippen molar-refractivity contribution in [2.24, 2.45) is 0 Å². The fourth-order valence-corrected chi connectivity index (χ4v) is 1.53. The second-order valence-corrected chi connectivity index (χ2v) is 4.08. The molecule has 0 aromatic heterocycles. The first-order chi connectivity index (χ1) is 7.93. The van der Waals surface area contributed by atoms with Crippen LogP contribution in [0.15, 0.2) is 24.3 Å². The Labute approximate surface area is 103 Å². The van der Waals surface area contributed by atoms with E-state index in [1.807, 2.05) is 0 Å². The summed E-state index contributed by atoms with van der Waals surface area (Å²) in [4.78, 5) is 11.4. The van der Waals surface area contributed by atoms with E-state index in [2.05, 4.69) is 0 Å². The van der Waals surface area contributed by atoms with E-state index in [-0.39, 0.29) is 12.2 Å². The minimum Gasteiger partial charge on any atom is -0.299 e. The molecule has 1 nitrogen and oxygen atoms in total. The molecule has 0 amide bonds. The minimum absolute atomic E-state index is 0.00888. The van der Waals surface area contributed by atoms with E-state index in [0.29, 0.717) is 24.3 Å². The number of halogens is 4. The lowest BCUT2D eigenvalue weighted by Crippen LogP contribution is -2.06. The average molecular weight is 265 g/mol. The quantitative estimate of drug-likeness (QED) is 0.739. The van der Waals surface area contributed by atoms with Gasteiger partial charge in [0.25, 0.3) is 0 Å². The second-order valence-electron chi connectivity index (χ2n) is 3.70. The predicted octanol–water partition coefficient (Wildman–Crippen LogP) is 3.84. The summed E-state index contributed by atoms with van der Waals surface area (Å²) in [5, 5.41) is 0. The summed E-state index contributed by atoms with van der Waals surface area (Å²) < 4.78 is 36.8. The number of carbonyl (C=O) groups is 1. The summed E-state index contributed by atoms with van der Waals surface area (Å²) >= 11 is 5.44. The highest BCUT2D eigenvalue weighted by Gasteiger charge is 2.29. The van der Waals surface area contributed by atoms with E-state index in [9.17, 15) is 18.0 Å². The minimum atomic E-state index is -4.33. The molecule has 0 atom stereocenters. The molecule has 94 valence electrons. The van der Waals surface area contributed by atoms with Crippen molar-refractivity contribution in [1.29, 1.82) is 0 Å². The van der Waals surface area contributed by atoms with E-state index in [1.54, 1.807) is 0 Å². The fourth-order valence-electron chi connectivity index (χ4n) is 1.39. The van der Waals surface area contributed by atoms with E-state index >= 15 is 0 Å². The molecule has 0 radical (unpaired) electrons. The van der Waals surface area contributed by atoms with Gasteiger partial charge in [0.05, 0.1) is 5.56 Å². The molecular formula is C12H12ClF3O. The Morgan fingerprint density at radius 1 is 1.18 bits per heavy atom. The zero-order valence-corrected chi connectivity index (χ0v) is 9.81. The van der Waals surface area contributed by atoms with Crippen LogP contribution in [-0.4, -0.2) is 11.7 Å². The smallest absolute Gasteiger partial charge is 0.299 e. The third-order valence-corrected chi connectivity index (χ3v) is 2.54. The Morgan fingerprint density at radius 3 is 2.24 bits per heavy atom. The number of alkyl halides is 4. The third kappa shape index (κ3) is 4.77. The molecule has 1 aromatic carbocycles. The molecule has 17 heavy (non-hydrogen) atoms. The van der Waals surface area contributed by atoms with Gasteiger partial charge in [-0.1, -0.05) is 12.1 Å². The van der Waals surface area contributed by atoms with Gasteiger partial charge in [-0.15, -0.1) is 11.6 Å². The second kappa shape index (κ2) is 6.05. The summed E-state index contributed by atoms with van der Waals surface area (Å²) in [5.74, 6) is 0.407. The van der Waals surface area contributed by atoms with Crippen LogP contribution in [0.1, 0.15) is 24.0 Å². The maximum absolute atomic E-state index is 12.3.